The van der Waals surface area contributed by atoms with Crippen LogP contribution in [0, 0.1) is 0 Å². The molecule has 1 aromatic heterocycles. The van der Waals surface area contributed by atoms with Crippen LogP contribution < -0.4 is 24.4 Å². The van der Waals surface area contributed by atoms with Crippen molar-refractivity contribution in [1.82, 2.24) is 4.57 Å². The third-order valence-corrected chi connectivity index (χ3v) is 9.25. The normalized spacial score (nSPS) is 14.4. The number of methoxy groups -OCH3 is 1. The van der Waals surface area contributed by atoms with E-state index < -0.39 is 12.0 Å². The van der Waals surface area contributed by atoms with E-state index in [0.717, 1.165) is 27.1 Å². The lowest BCUT2D eigenvalue weighted by molar-refractivity contribution is -0.138. The topological polar surface area (TPSA) is 79.1 Å². The van der Waals surface area contributed by atoms with Gasteiger partial charge in [0.2, 0.25) is 0 Å². The number of esters is 1. The maximum absolute atomic E-state index is 14.2. The minimum atomic E-state index is -0.730. The number of benzene rings is 4. The highest BCUT2D eigenvalue weighted by atomic mass is 32.2. The maximum atomic E-state index is 14.2. The summed E-state index contributed by atoms with van der Waals surface area (Å²) in [5.74, 6) is 0.652. The fourth-order valence-electron chi connectivity index (χ4n) is 5.32. The van der Waals surface area contributed by atoms with Gasteiger partial charge in [-0.15, -0.1) is 11.8 Å². The number of aromatic nitrogens is 1. The Kier molecular flexibility index (Phi) is 9.51. The van der Waals surface area contributed by atoms with E-state index in [-0.39, 0.29) is 12.2 Å². The Morgan fingerprint density at radius 1 is 0.957 bits per heavy atom. The summed E-state index contributed by atoms with van der Waals surface area (Å²) >= 11 is 2.90. The van der Waals surface area contributed by atoms with Crippen LogP contribution >= 0.6 is 23.1 Å². The molecule has 0 saturated carbocycles. The van der Waals surface area contributed by atoms with E-state index in [4.69, 9.17) is 19.2 Å². The molecule has 0 aliphatic carbocycles. The van der Waals surface area contributed by atoms with Gasteiger partial charge in [-0.3, -0.25) is 9.36 Å². The molecule has 2 heterocycles. The molecule has 232 valence electrons. The molecular formula is C37H32N2O5S2. The van der Waals surface area contributed by atoms with Crippen LogP contribution in [0.2, 0.25) is 0 Å². The Morgan fingerprint density at radius 2 is 1.67 bits per heavy atom. The minimum absolute atomic E-state index is 0.194. The predicted octanol–water partition coefficient (Wildman–Crippen LogP) is 6.25. The first-order chi connectivity index (χ1) is 22.5. The fraction of sp³-hybridized carbons (Fsp3) is 0.162. The first-order valence-electron chi connectivity index (χ1n) is 14.8. The van der Waals surface area contributed by atoms with Crippen molar-refractivity contribution in [2.75, 3.05) is 20.0 Å². The van der Waals surface area contributed by atoms with E-state index >= 15 is 0 Å². The minimum Gasteiger partial charge on any atom is -0.493 e. The fourth-order valence-corrected chi connectivity index (χ4v) is 6.73. The molecule has 46 heavy (non-hydrogen) atoms. The van der Waals surface area contributed by atoms with Crippen molar-refractivity contribution < 1.29 is 19.0 Å². The molecule has 1 atom stereocenters. The number of hydrogen-bond acceptors (Lipinski definition) is 8. The van der Waals surface area contributed by atoms with Gasteiger partial charge in [0, 0.05) is 10.5 Å². The lowest BCUT2D eigenvalue weighted by Crippen LogP contribution is -2.40. The van der Waals surface area contributed by atoms with Gasteiger partial charge in [-0.25, -0.2) is 9.79 Å². The van der Waals surface area contributed by atoms with Crippen LogP contribution in [-0.4, -0.2) is 30.5 Å². The van der Waals surface area contributed by atoms with Gasteiger partial charge in [0.1, 0.15) is 6.61 Å². The van der Waals surface area contributed by atoms with E-state index in [1.807, 2.05) is 115 Å². The third-order valence-electron chi connectivity index (χ3n) is 7.53. The van der Waals surface area contributed by atoms with Gasteiger partial charge in [0.25, 0.3) is 5.56 Å². The van der Waals surface area contributed by atoms with Crippen molar-refractivity contribution in [1.29, 1.82) is 0 Å². The molecule has 6 rings (SSSR count). The van der Waals surface area contributed by atoms with Crippen LogP contribution in [0.5, 0.6) is 11.5 Å². The van der Waals surface area contributed by atoms with Gasteiger partial charge in [-0.1, -0.05) is 90.2 Å². The van der Waals surface area contributed by atoms with Gasteiger partial charge in [-0.2, -0.15) is 0 Å². The van der Waals surface area contributed by atoms with Gasteiger partial charge in [-0.05, 0) is 60.2 Å². The van der Waals surface area contributed by atoms with Crippen molar-refractivity contribution in [2.45, 2.75) is 24.5 Å². The monoisotopic (exact) mass is 648 g/mol. The molecule has 0 amide bonds. The van der Waals surface area contributed by atoms with E-state index in [1.54, 1.807) is 30.4 Å². The van der Waals surface area contributed by atoms with Gasteiger partial charge >= 0.3 is 5.97 Å². The van der Waals surface area contributed by atoms with Gasteiger partial charge in [0.15, 0.2) is 16.3 Å². The summed E-state index contributed by atoms with van der Waals surface area (Å²) in [4.78, 5) is 34.4. The Balaban J connectivity index is 1.48. The van der Waals surface area contributed by atoms with Crippen LogP contribution in [0.1, 0.15) is 35.2 Å². The quantitative estimate of drug-likeness (QED) is 0.132. The highest BCUT2D eigenvalue weighted by Crippen LogP contribution is 2.36. The lowest BCUT2D eigenvalue weighted by Gasteiger charge is -2.26. The van der Waals surface area contributed by atoms with Crippen molar-refractivity contribution >= 4 is 40.8 Å². The number of thioether (sulfide) groups is 1. The summed E-state index contributed by atoms with van der Waals surface area (Å²) in [5, 5.41) is 0. The summed E-state index contributed by atoms with van der Waals surface area (Å²) in [6.07, 6.45) is 3.82. The Bertz CT molecular complexity index is 2070. The van der Waals surface area contributed by atoms with Crippen molar-refractivity contribution in [3.05, 3.63) is 151 Å². The molecule has 7 nitrogen and oxygen atoms in total. The number of thiazole rings is 1. The van der Waals surface area contributed by atoms with Gasteiger partial charge in [0.05, 0.1) is 35.6 Å². The van der Waals surface area contributed by atoms with E-state index in [1.165, 1.54) is 11.3 Å². The van der Waals surface area contributed by atoms with Crippen molar-refractivity contribution in [2.24, 2.45) is 4.99 Å². The number of carbonyl (C=O) groups is 1. The summed E-state index contributed by atoms with van der Waals surface area (Å²) < 4.78 is 19.3. The Hall–Kier alpha value is -4.86. The highest BCUT2D eigenvalue weighted by molar-refractivity contribution is 7.98. The second kappa shape index (κ2) is 14.1. The molecule has 1 unspecified atom stereocenters. The second-order valence-electron chi connectivity index (χ2n) is 10.4. The largest absolute Gasteiger partial charge is 0.493 e. The maximum Gasteiger partial charge on any atom is 0.338 e. The summed E-state index contributed by atoms with van der Waals surface area (Å²) in [6.45, 7) is 2.36. The SMILES string of the molecule is CCOC(=O)C1=C(c2ccccc2)N=c2s/c(=C\c3ccc(OCc4ccccc4)c(OC)c3)c(=O)n2C1c1ccc(SC)cc1. The number of ether oxygens (including phenoxy) is 3. The molecule has 4 aromatic carbocycles. The molecule has 0 bridgehead atoms. The molecule has 0 saturated heterocycles. The van der Waals surface area contributed by atoms with Crippen molar-refractivity contribution in [3.8, 4) is 11.5 Å². The molecule has 0 radical (unpaired) electrons. The molecule has 0 N–H and O–H groups in total. The summed E-state index contributed by atoms with van der Waals surface area (Å²) in [5.41, 5.74) is 3.94. The smallest absolute Gasteiger partial charge is 0.338 e. The molecule has 0 fully saturated rings. The van der Waals surface area contributed by atoms with E-state index in [2.05, 4.69) is 0 Å². The Labute approximate surface area is 275 Å². The van der Waals surface area contributed by atoms with Crippen LogP contribution in [-0.2, 0) is 16.1 Å². The van der Waals surface area contributed by atoms with Crippen LogP contribution in [0.15, 0.2) is 123 Å². The van der Waals surface area contributed by atoms with Crippen LogP contribution in [0.4, 0.5) is 0 Å². The number of fused-ring (bicyclic) bond motifs is 1. The summed E-state index contributed by atoms with van der Waals surface area (Å²) in [7, 11) is 1.59. The zero-order valence-corrected chi connectivity index (χ0v) is 27.3. The lowest BCUT2D eigenvalue weighted by atomic mass is 9.93. The molecule has 5 aromatic rings. The average molecular weight is 649 g/mol. The standard InChI is InChI=1S/C37H32N2O5S2/c1-4-43-36(41)32-33(26-13-9-6-10-14-26)38-37-39(34(32)27-16-18-28(45-3)19-17-27)35(40)31(46-37)22-25-15-20-29(30(21-25)42-2)44-23-24-11-7-5-8-12-24/h5-22,34H,4,23H2,1-3H3/b31-22-. The first-order valence-corrected chi connectivity index (χ1v) is 16.8. The molecular weight excluding hydrogens is 617 g/mol. The van der Waals surface area contributed by atoms with Crippen molar-refractivity contribution in [3.63, 3.8) is 0 Å². The first kappa shape index (κ1) is 31.1. The number of rotatable bonds is 10. The van der Waals surface area contributed by atoms with E-state index in [0.29, 0.717) is 38.7 Å². The number of hydrogen-bond donors (Lipinski definition) is 0. The zero-order valence-electron chi connectivity index (χ0n) is 25.6. The second-order valence-corrected chi connectivity index (χ2v) is 12.3. The molecule has 1 aliphatic rings. The molecule has 1 aliphatic heterocycles. The number of carbonyl (C=O) groups excluding carboxylic acids is 1. The third kappa shape index (κ3) is 6.42. The highest BCUT2D eigenvalue weighted by Gasteiger charge is 2.35. The Morgan fingerprint density at radius 3 is 2.35 bits per heavy atom. The van der Waals surface area contributed by atoms with Gasteiger partial charge < -0.3 is 14.2 Å². The van der Waals surface area contributed by atoms with Crippen LogP contribution in [0.25, 0.3) is 11.8 Å². The predicted molar refractivity (Wildman–Crippen MR) is 183 cm³/mol. The number of nitrogens with zero attached hydrogens (tertiary/aromatic N) is 2. The molecule has 9 heteroatoms. The summed E-state index contributed by atoms with van der Waals surface area (Å²) in [6, 6.07) is 32.2. The van der Waals surface area contributed by atoms with E-state index in [9.17, 15) is 9.59 Å². The molecule has 0 spiro atoms. The average Bonchev–Trinajstić information content (AvgIpc) is 3.41. The zero-order chi connectivity index (χ0) is 32.0. The van der Waals surface area contributed by atoms with Crippen LogP contribution in [0.3, 0.4) is 0 Å².